The van der Waals surface area contributed by atoms with Gasteiger partial charge in [-0.1, -0.05) is 13.8 Å². The summed E-state index contributed by atoms with van der Waals surface area (Å²) in [6.07, 6.45) is -0.643. The number of aliphatic hydroxyl groups is 1. The van der Waals surface area contributed by atoms with Crippen molar-refractivity contribution in [1.29, 1.82) is 0 Å². The van der Waals surface area contributed by atoms with E-state index in [1.165, 1.54) is 0 Å². The maximum absolute atomic E-state index is 11.2. The van der Waals surface area contributed by atoms with Gasteiger partial charge in [0.2, 0.25) is 6.29 Å². The van der Waals surface area contributed by atoms with Crippen molar-refractivity contribution < 1.29 is 19.1 Å². The summed E-state index contributed by atoms with van der Waals surface area (Å²) in [6, 6.07) is 0. The maximum Gasteiger partial charge on any atom is 0.308 e. The Morgan fingerprint density at radius 3 is 2.21 bits per heavy atom. The molecule has 4 heteroatoms. The molecule has 0 saturated heterocycles. The highest BCUT2D eigenvalue weighted by atomic mass is 16.6. The number of esters is 1. The first kappa shape index (κ1) is 13.4. The monoisotopic (exact) mass is 204 g/mol. The molecule has 1 N–H and O–H groups in total. The lowest BCUT2D eigenvalue weighted by atomic mass is 10.1. The summed E-state index contributed by atoms with van der Waals surface area (Å²) in [7, 11) is 5.79. The van der Waals surface area contributed by atoms with E-state index < -0.39 is 6.29 Å². The Balaban J connectivity index is 3.83. The lowest BCUT2D eigenvalue weighted by molar-refractivity contribution is -0.876. The molecule has 84 valence electrons. The van der Waals surface area contributed by atoms with Gasteiger partial charge in [-0.05, 0) is 5.92 Å². The molecular weight excluding hydrogens is 182 g/mol. The van der Waals surface area contributed by atoms with Crippen LogP contribution >= 0.6 is 0 Å². The molecule has 0 heterocycles. The summed E-state index contributed by atoms with van der Waals surface area (Å²) < 4.78 is 5.40. The SMILES string of the molecule is CC(C)CC(=O)OC(O)C[N+](C)(C)C. The van der Waals surface area contributed by atoms with Gasteiger partial charge in [0.15, 0.2) is 0 Å². The third kappa shape index (κ3) is 8.01. The smallest absolute Gasteiger partial charge is 0.308 e. The topological polar surface area (TPSA) is 46.5 Å². The minimum absolute atomic E-state index is 0.263. The molecule has 0 amide bonds. The van der Waals surface area contributed by atoms with Gasteiger partial charge >= 0.3 is 5.97 Å². The molecule has 0 radical (unpaired) electrons. The fraction of sp³-hybridized carbons (Fsp3) is 0.900. The molecule has 0 aromatic carbocycles. The number of quaternary nitrogens is 1. The molecule has 0 fully saturated rings. The van der Waals surface area contributed by atoms with E-state index in [4.69, 9.17) is 4.74 Å². The highest BCUT2D eigenvalue weighted by Crippen LogP contribution is 2.04. The van der Waals surface area contributed by atoms with Crippen LogP contribution in [0.2, 0.25) is 0 Å². The average molecular weight is 204 g/mol. The van der Waals surface area contributed by atoms with Crippen molar-refractivity contribution in [3.8, 4) is 0 Å². The molecule has 0 aliphatic carbocycles. The number of carbonyl (C=O) groups is 1. The number of carbonyl (C=O) groups excluding carboxylic acids is 1. The first-order valence-electron chi connectivity index (χ1n) is 4.88. The van der Waals surface area contributed by atoms with Crippen molar-refractivity contribution in [2.75, 3.05) is 27.7 Å². The van der Waals surface area contributed by atoms with Gasteiger partial charge in [0, 0.05) is 6.42 Å². The predicted molar refractivity (Wildman–Crippen MR) is 54.5 cm³/mol. The molecule has 0 spiro atoms. The molecule has 0 aliphatic heterocycles. The lowest BCUT2D eigenvalue weighted by Crippen LogP contribution is -2.43. The van der Waals surface area contributed by atoms with E-state index in [9.17, 15) is 9.90 Å². The zero-order chi connectivity index (χ0) is 11.4. The Hall–Kier alpha value is -0.610. The number of hydrogen-bond acceptors (Lipinski definition) is 3. The van der Waals surface area contributed by atoms with E-state index in [2.05, 4.69) is 0 Å². The van der Waals surface area contributed by atoms with Gasteiger partial charge in [0.1, 0.15) is 6.54 Å². The van der Waals surface area contributed by atoms with Crippen LogP contribution in [-0.2, 0) is 9.53 Å². The number of aliphatic hydroxyl groups excluding tert-OH is 1. The van der Waals surface area contributed by atoms with Crippen LogP contribution in [0.5, 0.6) is 0 Å². The van der Waals surface area contributed by atoms with Crippen LogP contribution in [0.4, 0.5) is 0 Å². The van der Waals surface area contributed by atoms with Crippen molar-refractivity contribution in [2.45, 2.75) is 26.6 Å². The fourth-order valence-corrected chi connectivity index (χ4v) is 1.04. The van der Waals surface area contributed by atoms with Gasteiger partial charge in [0.05, 0.1) is 21.1 Å². The Morgan fingerprint density at radius 1 is 1.36 bits per heavy atom. The normalized spacial score (nSPS) is 14.2. The van der Waals surface area contributed by atoms with Crippen molar-refractivity contribution in [1.82, 2.24) is 0 Å². The number of rotatable bonds is 5. The second-order valence-corrected chi connectivity index (χ2v) is 5.02. The Labute approximate surface area is 86.1 Å². The third-order valence-electron chi connectivity index (χ3n) is 1.55. The molecule has 1 atom stereocenters. The van der Waals surface area contributed by atoms with Crippen LogP contribution in [0.1, 0.15) is 20.3 Å². The van der Waals surface area contributed by atoms with Crippen molar-refractivity contribution in [3.63, 3.8) is 0 Å². The summed E-state index contributed by atoms with van der Waals surface area (Å²) in [5.41, 5.74) is 0. The molecule has 0 aromatic heterocycles. The molecule has 0 bridgehead atoms. The summed E-state index contributed by atoms with van der Waals surface area (Å²) in [6.45, 7) is 4.28. The minimum Gasteiger partial charge on any atom is -0.430 e. The van der Waals surface area contributed by atoms with Crippen molar-refractivity contribution in [2.24, 2.45) is 5.92 Å². The van der Waals surface area contributed by atoms with Gasteiger partial charge in [-0.2, -0.15) is 0 Å². The molecular formula is C10H22NO3+. The van der Waals surface area contributed by atoms with E-state index in [0.29, 0.717) is 17.4 Å². The number of hydrogen-bond donors (Lipinski definition) is 1. The number of nitrogens with zero attached hydrogens (tertiary/aromatic N) is 1. The van der Waals surface area contributed by atoms with Gasteiger partial charge < -0.3 is 14.3 Å². The largest absolute Gasteiger partial charge is 0.430 e. The molecule has 1 unspecified atom stereocenters. The summed E-state index contributed by atoms with van der Waals surface area (Å²) in [5.74, 6) is -0.0697. The van der Waals surface area contributed by atoms with Crippen LogP contribution < -0.4 is 0 Å². The van der Waals surface area contributed by atoms with E-state index in [0.717, 1.165) is 0 Å². The zero-order valence-corrected chi connectivity index (χ0v) is 9.78. The molecule has 0 aliphatic rings. The third-order valence-corrected chi connectivity index (χ3v) is 1.55. The quantitative estimate of drug-likeness (QED) is 0.405. The molecule has 4 nitrogen and oxygen atoms in total. The van der Waals surface area contributed by atoms with Crippen LogP contribution in [0, 0.1) is 5.92 Å². The second-order valence-electron chi connectivity index (χ2n) is 5.02. The summed E-state index contributed by atoms with van der Waals surface area (Å²) in [4.78, 5) is 11.2. The van der Waals surface area contributed by atoms with E-state index in [1.807, 2.05) is 35.0 Å². The Bertz CT molecular complexity index is 184. The van der Waals surface area contributed by atoms with Gasteiger partial charge in [-0.25, -0.2) is 0 Å². The second kappa shape index (κ2) is 5.32. The molecule has 0 saturated carbocycles. The average Bonchev–Trinajstić information content (AvgIpc) is 1.77. The van der Waals surface area contributed by atoms with Crippen LogP contribution in [0.3, 0.4) is 0 Å². The molecule has 14 heavy (non-hydrogen) atoms. The van der Waals surface area contributed by atoms with Gasteiger partial charge in [0.25, 0.3) is 0 Å². The maximum atomic E-state index is 11.2. The highest BCUT2D eigenvalue weighted by molar-refractivity contribution is 5.69. The van der Waals surface area contributed by atoms with Crippen molar-refractivity contribution in [3.05, 3.63) is 0 Å². The highest BCUT2D eigenvalue weighted by Gasteiger charge is 2.19. The van der Waals surface area contributed by atoms with E-state index in [1.54, 1.807) is 0 Å². The van der Waals surface area contributed by atoms with Gasteiger partial charge in [-0.15, -0.1) is 0 Å². The fourth-order valence-electron chi connectivity index (χ4n) is 1.04. The summed E-state index contributed by atoms with van der Waals surface area (Å²) >= 11 is 0. The van der Waals surface area contributed by atoms with E-state index in [-0.39, 0.29) is 11.9 Å². The van der Waals surface area contributed by atoms with Gasteiger partial charge in [-0.3, -0.25) is 4.79 Å². The number of likely N-dealkylation sites (N-methyl/N-ethyl adjacent to an activating group) is 1. The van der Waals surface area contributed by atoms with E-state index >= 15 is 0 Å². The standard InChI is InChI=1S/C10H22NO3/c1-8(2)6-9(12)14-10(13)7-11(3,4)5/h8,10,13H,6-7H2,1-5H3/q+1. The Morgan fingerprint density at radius 2 is 1.86 bits per heavy atom. The Kier molecular flexibility index (Phi) is 5.08. The summed E-state index contributed by atoms with van der Waals surface area (Å²) in [5, 5.41) is 9.41. The lowest BCUT2D eigenvalue weighted by Gasteiger charge is -2.26. The van der Waals surface area contributed by atoms with Crippen LogP contribution in [-0.4, -0.2) is 49.5 Å². The zero-order valence-electron chi connectivity index (χ0n) is 9.78. The molecule has 0 aromatic rings. The van der Waals surface area contributed by atoms with Crippen LogP contribution in [0.15, 0.2) is 0 Å². The predicted octanol–water partition coefficient (Wildman–Crippen LogP) is 0.600. The minimum atomic E-state index is -0.999. The first-order chi connectivity index (χ1) is 6.20. The van der Waals surface area contributed by atoms with Crippen LogP contribution in [0.25, 0.3) is 0 Å². The number of ether oxygens (including phenoxy) is 1. The molecule has 0 rings (SSSR count). The van der Waals surface area contributed by atoms with Crippen molar-refractivity contribution >= 4 is 5.97 Å². The first-order valence-corrected chi connectivity index (χ1v) is 4.88.